The van der Waals surface area contributed by atoms with Gasteiger partial charge in [0.1, 0.15) is 5.00 Å². The van der Waals surface area contributed by atoms with Gasteiger partial charge >= 0.3 is 5.97 Å². The van der Waals surface area contributed by atoms with Crippen LogP contribution in [0.15, 0.2) is 29.6 Å². The second-order valence-corrected chi connectivity index (χ2v) is 4.86. The molecule has 0 aliphatic carbocycles. The van der Waals surface area contributed by atoms with Crippen LogP contribution in [-0.2, 0) is 11.2 Å². The van der Waals surface area contributed by atoms with Crippen molar-refractivity contribution in [1.82, 2.24) is 0 Å². The lowest BCUT2D eigenvalue weighted by Gasteiger charge is -2.05. The van der Waals surface area contributed by atoms with Gasteiger partial charge in [-0.1, -0.05) is 6.07 Å². The summed E-state index contributed by atoms with van der Waals surface area (Å²) in [6.07, 6.45) is -0.172. The summed E-state index contributed by atoms with van der Waals surface area (Å²) >= 11 is 1.08. The molecular formula is C13H9F2NO3S. The van der Waals surface area contributed by atoms with Crippen LogP contribution in [0.4, 0.5) is 13.8 Å². The molecule has 1 aromatic carbocycles. The smallest absolute Gasteiger partial charge is 0.338 e. The molecule has 7 heteroatoms. The van der Waals surface area contributed by atoms with Crippen LogP contribution < -0.4 is 5.32 Å². The normalized spacial score (nSPS) is 10.3. The molecule has 1 heterocycles. The van der Waals surface area contributed by atoms with Crippen LogP contribution in [-0.4, -0.2) is 17.0 Å². The van der Waals surface area contributed by atoms with Gasteiger partial charge in [0.15, 0.2) is 11.6 Å². The van der Waals surface area contributed by atoms with Crippen molar-refractivity contribution in [3.8, 4) is 0 Å². The van der Waals surface area contributed by atoms with Gasteiger partial charge in [0.2, 0.25) is 5.91 Å². The van der Waals surface area contributed by atoms with Gasteiger partial charge in [-0.25, -0.2) is 13.6 Å². The third-order valence-electron chi connectivity index (χ3n) is 2.50. The topological polar surface area (TPSA) is 66.4 Å². The van der Waals surface area contributed by atoms with Gasteiger partial charge < -0.3 is 10.4 Å². The van der Waals surface area contributed by atoms with E-state index >= 15 is 0 Å². The number of nitrogens with one attached hydrogen (secondary N) is 1. The minimum Gasteiger partial charge on any atom is -0.478 e. The zero-order valence-electron chi connectivity index (χ0n) is 10.0. The molecule has 4 nitrogen and oxygen atoms in total. The predicted octanol–water partition coefficient (Wildman–Crippen LogP) is 2.91. The molecule has 0 unspecified atom stereocenters. The van der Waals surface area contributed by atoms with Gasteiger partial charge in [0.25, 0.3) is 0 Å². The highest BCUT2D eigenvalue weighted by Gasteiger charge is 2.14. The number of hydrogen-bond donors (Lipinski definition) is 2. The Bertz CT molecular complexity index is 669. The molecule has 0 aliphatic rings. The fraction of sp³-hybridized carbons (Fsp3) is 0.0769. The average molecular weight is 297 g/mol. The summed E-state index contributed by atoms with van der Waals surface area (Å²) in [7, 11) is 0. The standard InChI is InChI=1S/C13H9F2NO3S/c14-9-2-1-7(5-10(9)15)6-11(17)16-12-8(13(18)19)3-4-20-12/h1-5H,6H2,(H,16,17)(H,18,19). The van der Waals surface area contributed by atoms with Crippen LogP contribution in [0.2, 0.25) is 0 Å². The fourth-order valence-electron chi connectivity index (χ4n) is 1.58. The zero-order valence-corrected chi connectivity index (χ0v) is 10.8. The zero-order chi connectivity index (χ0) is 14.7. The van der Waals surface area contributed by atoms with Crippen LogP contribution in [0, 0.1) is 11.6 Å². The first-order valence-corrected chi connectivity index (χ1v) is 6.40. The molecular weight excluding hydrogens is 288 g/mol. The van der Waals surface area contributed by atoms with Crippen LogP contribution in [0.25, 0.3) is 0 Å². The van der Waals surface area contributed by atoms with E-state index in [4.69, 9.17) is 5.11 Å². The number of thiophene rings is 1. The van der Waals surface area contributed by atoms with E-state index in [2.05, 4.69) is 5.32 Å². The lowest BCUT2D eigenvalue weighted by Crippen LogP contribution is -2.15. The Balaban J connectivity index is 2.07. The largest absolute Gasteiger partial charge is 0.478 e. The molecule has 2 rings (SSSR count). The molecule has 0 aliphatic heterocycles. The monoisotopic (exact) mass is 297 g/mol. The van der Waals surface area contributed by atoms with Crippen molar-refractivity contribution in [2.24, 2.45) is 0 Å². The van der Waals surface area contributed by atoms with Crippen LogP contribution in [0.5, 0.6) is 0 Å². The highest BCUT2D eigenvalue weighted by molar-refractivity contribution is 7.14. The molecule has 1 amide bonds. The molecule has 0 bridgehead atoms. The third-order valence-corrected chi connectivity index (χ3v) is 3.33. The minimum atomic E-state index is -1.14. The molecule has 0 radical (unpaired) electrons. The summed E-state index contributed by atoms with van der Waals surface area (Å²) in [5, 5.41) is 13.1. The number of carboxylic acid groups (broad SMARTS) is 1. The van der Waals surface area contributed by atoms with E-state index in [0.29, 0.717) is 5.56 Å². The molecule has 2 aromatic rings. The van der Waals surface area contributed by atoms with E-state index in [0.717, 1.165) is 23.5 Å². The SMILES string of the molecule is O=C(Cc1ccc(F)c(F)c1)Nc1sccc1C(=O)O. The highest BCUT2D eigenvalue weighted by Crippen LogP contribution is 2.23. The van der Waals surface area contributed by atoms with Crippen molar-refractivity contribution in [1.29, 1.82) is 0 Å². The Kier molecular flexibility index (Phi) is 4.09. The first-order valence-electron chi connectivity index (χ1n) is 5.52. The summed E-state index contributed by atoms with van der Waals surface area (Å²) in [4.78, 5) is 22.6. The van der Waals surface area contributed by atoms with Crippen molar-refractivity contribution < 1.29 is 23.5 Å². The van der Waals surface area contributed by atoms with Gasteiger partial charge in [-0.15, -0.1) is 11.3 Å². The molecule has 104 valence electrons. The van der Waals surface area contributed by atoms with Gasteiger partial charge in [-0.05, 0) is 29.1 Å². The number of carbonyl (C=O) groups excluding carboxylic acids is 1. The molecule has 0 spiro atoms. The number of halogens is 2. The Hall–Kier alpha value is -2.28. The second kappa shape index (κ2) is 5.79. The van der Waals surface area contributed by atoms with E-state index in [1.165, 1.54) is 17.5 Å². The van der Waals surface area contributed by atoms with Gasteiger partial charge in [0, 0.05) is 0 Å². The number of anilines is 1. The first kappa shape index (κ1) is 14.1. The summed E-state index contributed by atoms with van der Waals surface area (Å²) in [5.74, 6) is -3.66. The molecule has 20 heavy (non-hydrogen) atoms. The molecule has 0 saturated carbocycles. The summed E-state index contributed by atoms with van der Waals surface area (Å²) in [6.45, 7) is 0. The highest BCUT2D eigenvalue weighted by atomic mass is 32.1. The third kappa shape index (κ3) is 3.18. The number of rotatable bonds is 4. The molecule has 0 atom stereocenters. The second-order valence-electron chi connectivity index (χ2n) is 3.94. The predicted molar refractivity (Wildman–Crippen MR) is 70.0 cm³/mol. The number of carboxylic acids is 1. The van der Waals surface area contributed by atoms with Crippen molar-refractivity contribution in [2.75, 3.05) is 5.32 Å². The first-order chi connectivity index (χ1) is 9.47. The molecule has 0 fully saturated rings. The lowest BCUT2D eigenvalue weighted by atomic mass is 10.1. The molecule has 0 saturated heterocycles. The Labute approximate surface area is 116 Å². The fourth-order valence-corrected chi connectivity index (χ4v) is 2.38. The maximum atomic E-state index is 13.0. The van der Waals surface area contributed by atoms with Gasteiger partial charge in [0.05, 0.1) is 12.0 Å². The van der Waals surface area contributed by atoms with Crippen molar-refractivity contribution in [3.63, 3.8) is 0 Å². The summed E-state index contributed by atoms with van der Waals surface area (Å²) in [6, 6.07) is 4.54. The Morgan fingerprint density at radius 3 is 2.60 bits per heavy atom. The van der Waals surface area contributed by atoms with E-state index < -0.39 is 23.5 Å². The number of carbonyl (C=O) groups is 2. The number of hydrogen-bond acceptors (Lipinski definition) is 3. The van der Waals surface area contributed by atoms with Gasteiger partial charge in [-0.2, -0.15) is 0 Å². The number of amides is 1. The summed E-state index contributed by atoms with van der Waals surface area (Å²) in [5.41, 5.74) is 0.295. The minimum absolute atomic E-state index is 0.00589. The maximum Gasteiger partial charge on any atom is 0.338 e. The molecule has 2 N–H and O–H groups in total. The molecule has 1 aromatic heterocycles. The van der Waals surface area contributed by atoms with E-state index in [1.54, 1.807) is 0 Å². The Morgan fingerprint density at radius 2 is 1.95 bits per heavy atom. The van der Waals surface area contributed by atoms with Crippen LogP contribution >= 0.6 is 11.3 Å². The van der Waals surface area contributed by atoms with E-state index in [9.17, 15) is 18.4 Å². The quantitative estimate of drug-likeness (QED) is 0.912. The number of aromatic carboxylic acids is 1. The van der Waals surface area contributed by atoms with E-state index in [1.807, 2.05) is 0 Å². The maximum absolute atomic E-state index is 13.0. The van der Waals surface area contributed by atoms with Gasteiger partial charge in [-0.3, -0.25) is 4.79 Å². The Morgan fingerprint density at radius 1 is 1.20 bits per heavy atom. The number of benzene rings is 1. The average Bonchev–Trinajstić information content (AvgIpc) is 2.82. The lowest BCUT2D eigenvalue weighted by molar-refractivity contribution is -0.115. The van der Waals surface area contributed by atoms with Crippen LogP contribution in [0.3, 0.4) is 0 Å². The van der Waals surface area contributed by atoms with Crippen molar-refractivity contribution in [3.05, 3.63) is 52.4 Å². The van der Waals surface area contributed by atoms with Crippen LogP contribution in [0.1, 0.15) is 15.9 Å². The summed E-state index contributed by atoms with van der Waals surface area (Å²) < 4.78 is 25.7. The van der Waals surface area contributed by atoms with Crippen molar-refractivity contribution in [2.45, 2.75) is 6.42 Å². The van der Waals surface area contributed by atoms with Crippen molar-refractivity contribution >= 4 is 28.2 Å². The van der Waals surface area contributed by atoms with E-state index in [-0.39, 0.29) is 17.0 Å².